The van der Waals surface area contributed by atoms with E-state index in [1.807, 2.05) is 30.3 Å². The Balaban J connectivity index is 1.34. The molecule has 0 unspecified atom stereocenters. The number of amides is 1. The first-order chi connectivity index (χ1) is 16.4. The molecule has 172 valence electrons. The summed E-state index contributed by atoms with van der Waals surface area (Å²) in [5, 5.41) is 13.1. The van der Waals surface area contributed by atoms with Crippen molar-refractivity contribution in [2.75, 3.05) is 18.6 Å². The maximum absolute atomic E-state index is 12.8. The number of Topliss-reactive ketones (excluding diaryl/α,β-unsaturated/α-hetero) is 1. The number of nitrogens with zero attached hydrogens (tertiary/aromatic N) is 2. The van der Waals surface area contributed by atoms with Gasteiger partial charge in [-0.2, -0.15) is 0 Å². The largest absolute Gasteiger partial charge is 0.490 e. The molecule has 1 aliphatic heterocycles. The second-order valence-corrected chi connectivity index (χ2v) is 7.83. The van der Waals surface area contributed by atoms with Gasteiger partial charge in [0.05, 0.1) is 11.3 Å². The van der Waals surface area contributed by atoms with E-state index in [9.17, 15) is 19.5 Å². The van der Waals surface area contributed by atoms with Crippen LogP contribution in [-0.4, -0.2) is 41.6 Å². The molecule has 4 rings (SSSR count). The zero-order valence-electron chi connectivity index (χ0n) is 18.5. The van der Waals surface area contributed by atoms with Crippen molar-refractivity contribution in [1.29, 1.82) is 0 Å². The van der Waals surface area contributed by atoms with Crippen LogP contribution in [0.1, 0.15) is 45.0 Å². The van der Waals surface area contributed by atoms with Crippen LogP contribution < -0.4 is 9.64 Å². The van der Waals surface area contributed by atoms with Crippen LogP contribution >= 0.6 is 0 Å². The number of carboxylic acid groups (broad SMARTS) is 1. The summed E-state index contributed by atoms with van der Waals surface area (Å²) in [6.45, 7) is 0.0374. The van der Waals surface area contributed by atoms with E-state index in [2.05, 4.69) is 17.0 Å². The first kappa shape index (κ1) is 22.8. The van der Waals surface area contributed by atoms with Crippen LogP contribution in [0.2, 0.25) is 0 Å². The minimum atomic E-state index is -1.09. The molecule has 3 aromatic rings. The van der Waals surface area contributed by atoms with Crippen LogP contribution in [0.15, 0.2) is 59.1 Å². The van der Waals surface area contributed by atoms with E-state index in [4.69, 9.17) is 9.26 Å². The van der Waals surface area contributed by atoms with Crippen LogP contribution in [0.3, 0.4) is 0 Å². The van der Waals surface area contributed by atoms with E-state index in [1.165, 1.54) is 23.1 Å². The molecule has 1 N–H and O–H groups in total. The molecule has 0 bridgehead atoms. The van der Waals surface area contributed by atoms with Gasteiger partial charge in [-0.05, 0) is 23.8 Å². The summed E-state index contributed by atoms with van der Waals surface area (Å²) in [4.78, 5) is 37.8. The Bertz CT molecular complexity index is 1290. The maximum Gasteiger partial charge on any atom is 0.335 e. The van der Waals surface area contributed by atoms with Crippen molar-refractivity contribution in [3.05, 3.63) is 77.2 Å². The van der Waals surface area contributed by atoms with Crippen molar-refractivity contribution in [2.24, 2.45) is 5.92 Å². The van der Waals surface area contributed by atoms with E-state index in [0.717, 1.165) is 5.56 Å². The van der Waals surface area contributed by atoms with E-state index in [0.29, 0.717) is 23.6 Å². The van der Waals surface area contributed by atoms with Gasteiger partial charge in [-0.15, -0.1) is 5.92 Å². The highest BCUT2D eigenvalue weighted by Crippen LogP contribution is 2.32. The molecule has 2 heterocycles. The number of carboxylic acids is 1. The standard InChI is InChI=1S/C26H22N2O6/c1-28-22-14-18(26(31)32)11-12-24(22)33-16-19(25(28)30)9-5-6-10-23(29)21-15-20(34-27-21)13-17-7-3-2-4-8-17/h2-4,7-8,11-12,14-15,19H,6,10,13,16H2,1H3,(H,31,32)/t19-/m0/s1. The number of hydrogen-bond acceptors (Lipinski definition) is 6. The summed E-state index contributed by atoms with van der Waals surface area (Å²) in [7, 11) is 1.55. The predicted octanol–water partition coefficient (Wildman–Crippen LogP) is 3.60. The van der Waals surface area contributed by atoms with Gasteiger partial charge in [0, 0.05) is 32.4 Å². The van der Waals surface area contributed by atoms with Gasteiger partial charge in [-0.1, -0.05) is 41.4 Å². The second kappa shape index (κ2) is 10.0. The third-order valence-corrected chi connectivity index (χ3v) is 5.42. The lowest BCUT2D eigenvalue weighted by Crippen LogP contribution is -2.32. The Morgan fingerprint density at radius 2 is 1.97 bits per heavy atom. The van der Waals surface area contributed by atoms with Crippen molar-refractivity contribution < 1.29 is 28.8 Å². The molecule has 2 aromatic carbocycles. The molecule has 0 saturated heterocycles. The predicted molar refractivity (Wildman–Crippen MR) is 123 cm³/mol. The van der Waals surface area contributed by atoms with Crippen LogP contribution in [0.5, 0.6) is 5.75 Å². The van der Waals surface area contributed by atoms with Gasteiger partial charge in [0.25, 0.3) is 0 Å². The Morgan fingerprint density at radius 1 is 1.18 bits per heavy atom. The Labute approximate surface area is 196 Å². The average Bonchev–Trinajstić information content (AvgIpc) is 3.27. The number of aromatic carboxylic acids is 1. The van der Waals surface area contributed by atoms with Crippen molar-refractivity contribution in [3.63, 3.8) is 0 Å². The van der Waals surface area contributed by atoms with Gasteiger partial charge in [0.1, 0.15) is 29.7 Å². The summed E-state index contributed by atoms with van der Waals surface area (Å²) in [6, 6.07) is 15.7. The Kier molecular flexibility index (Phi) is 6.74. The molecule has 1 aliphatic rings. The molecule has 34 heavy (non-hydrogen) atoms. The van der Waals surface area contributed by atoms with Crippen LogP contribution in [0, 0.1) is 17.8 Å². The SMILES string of the molecule is CN1C(=O)[C@@H](C#CCCC(=O)c2cc(Cc3ccccc3)on2)COc2ccc(C(=O)O)cc21. The molecular weight excluding hydrogens is 436 g/mol. The molecule has 0 spiro atoms. The number of rotatable bonds is 6. The summed E-state index contributed by atoms with van der Waals surface area (Å²) >= 11 is 0. The third kappa shape index (κ3) is 5.15. The van der Waals surface area contributed by atoms with Gasteiger partial charge < -0.3 is 19.3 Å². The fraction of sp³-hybridized carbons (Fsp3) is 0.231. The molecule has 8 heteroatoms. The van der Waals surface area contributed by atoms with Crippen molar-refractivity contribution in [1.82, 2.24) is 5.16 Å². The molecule has 1 atom stereocenters. The highest BCUT2D eigenvalue weighted by Gasteiger charge is 2.28. The van der Waals surface area contributed by atoms with Gasteiger partial charge in [0.15, 0.2) is 5.78 Å². The van der Waals surface area contributed by atoms with Crippen molar-refractivity contribution in [2.45, 2.75) is 19.3 Å². The summed E-state index contributed by atoms with van der Waals surface area (Å²) in [5.41, 5.74) is 1.75. The van der Waals surface area contributed by atoms with Crippen molar-refractivity contribution in [3.8, 4) is 17.6 Å². The fourth-order valence-corrected chi connectivity index (χ4v) is 3.56. The summed E-state index contributed by atoms with van der Waals surface area (Å²) in [5.74, 6) is 4.48. The highest BCUT2D eigenvalue weighted by atomic mass is 16.5. The molecule has 0 fully saturated rings. The first-order valence-corrected chi connectivity index (χ1v) is 10.7. The number of ketones is 1. The second-order valence-electron chi connectivity index (χ2n) is 7.83. The molecule has 1 aromatic heterocycles. The van der Waals surface area contributed by atoms with Gasteiger partial charge in [-0.3, -0.25) is 9.59 Å². The number of carbonyl (C=O) groups excluding carboxylic acids is 2. The van der Waals surface area contributed by atoms with E-state index in [1.54, 1.807) is 13.1 Å². The first-order valence-electron chi connectivity index (χ1n) is 10.7. The van der Waals surface area contributed by atoms with Gasteiger partial charge >= 0.3 is 5.97 Å². The molecule has 8 nitrogen and oxygen atoms in total. The van der Waals surface area contributed by atoms with Crippen LogP contribution in [0.25, 0.3) is 0 Å². The maximum atomic E-state index is 12.8. The normalized spacial score (nSPS) is 14.9. The zero-order valence-corrected chi connectivity index (χ0v) is 18.5. The Morgan fingerprint density at radius 3 is 2.74 bits per heavy atom. The van der Waals surface area contributed by atoms with Crippen molar-refractivity contribution >= 4 is 23.3 Å². The zero-order chi connectivity index (χ0) is 24.1. The number of aromatic nitrogens is 1. The minimum absolute atomic E-state index is 0.0374. The number of hydrogen-bond donors (Lipinski definition) is 1. The minimum Gasteiger partial charge on any atom is -0.490 e. The molecule has 0 radical (unpaired) electrons. The van der Waals surface area contributed by atoms with E-state index < -0.39 is 11.9 Å². The topological polar surface area (TPSA) is 110 Å². The van der Waals surface area contributed by atoms with E-state index in [-0.39, 0.29) is 42.4 Å². The molecule has 0 aliphatic carbocycles. The number of ether oxygens (including phenoxy) is 1. The quantitative estimate of drug-likeness (QED) is 0.444. The molecular formula is C26H22N2O6. The van der Waals surface area contributed by atoms with Crippen LogP contribution in [0.4, 0.5) is 5.69 Å². The van der Waals surface area contributed by atoms with Gasteiger partial charge in [-0.25, -0.2) is 4.79 Å². The van der Waals surface area contributed by atoms with E-state index >= 15 is 0 Å². The van der Waals surface area contributed by atoms with Gasteiger partial charge in [0.2, 0.25) is 5.91 Å². The fourth-order valence-electron chi connectivity index (χ4n) is 3.56. The lowest BCUT2D eigenvalue weighted by molar-refractivity contribution is -0.120. The number of fused-ring (bicyclic) bond motifs is 1. The third-order valence-electron chi connectivity index (χ3n) is 5.42. The number of carbonyl (C=O) groups is 3. The molecule has 0 saturated carbocycles. The summed E-state index contributed by atoms with van der Waals surface area (Å²) in [6.07, 6.45) is 0.946. The summed E-state index contributed by atoms with van der Waals surface area (Å²) < 4.78 is 11.0. The smallest absolute Gasteiger partial charge is 0.335 e. The number of anilines is 1. The lowest BCUT2D eigenvalue weighted by Gasteiger charge is -2.17. The van der Waals surface area contributed by atoms with Crippen LogP contribution in [-0.2, 0) is 11.2 Å². The monoisotopic (exact) mass is 458 g/mol. The lowest BCUT2D eigenvalue weighted by atomic mass is 10.1. The molecule has 1 amide bonds. The Hall–Kier alpha value is -4.38. The highest BCUT2D eigenvalue weighted by molar-refractivity contribution is 6.00. The average molecular weight is 458 g/mol. The number of benzene rings is 2.